The molecule has 16 heavy (non-hydrogen) atoms. The average molecular weight is 226 g/mol. The molecule has 0 saturated carbocycles. The number of hydrogen-bond acceptors (Lipinski definition) is 3. The summed E-state index contributed by atoms with van der Waals surface area (Å²) in [5.74, 6) is 0.450. The lowest BCUT2D eigenvalue weighted by molar-refractivity contribution is -0.139. The normalized spacial score (nSPS) is 29.4. The van der Waals surface area contributed by atoms with Gasteiger partial charge in [0.25, 0.3) is 0 Å². The molecule has 4 nitrogen and oxygen atoms in total. The van der Waals surface area contributed by atoms with E-state index in [4.69, 9.17) is 0 Å². The monoisotopic (exact) mass is 226 g/mol. The number of piperidine rings is 1. The van der Waals surface area contributed by atoms with Gasteiger partial charge in [-0.05, 0) is 45.7 Å². The Hall–Kier alpha value is -0.610. The molecule has 2 atom stereocenters. The summed E-state index contributed by atoms with van der Waals surface area (Å²) >= 11 is 0. The summed E-state index contributed by atoms with van der Waals surface area (Å²) in [4.78, 5) is 14.2. The van der Waals surface area contributed by atoms with Crippen LogP contribution in [0.5, 0.6) is 0 Å². The number of nitrogens with one attached hydrogen (secondary N) is 1. The Morgan fingerprint density at radius 3 is 2.69 bits per heavy atom. The minimum atomic E-state index is -0.395. The first-order valence-electron chi connectivity index (χ1n) is 6.39. The van der Waals surface area contributed by atoms with Crippen LogP contribution in [0.3, 0.4) is 0 Å². The van der Waals surface area contributed by atoms with E-state index in [-0.39, 0.29) is 17.9 Å². The van der Waals surface area contributed by atoms with Gasteiger partial charge in [0.2, 0.25) is 5.91 Å². The zero-order valence-corrected chi connectivity index (χ0v) is 9.98. The highest BCUT2D eigenvalue weighted by Crippen LogP contribution is 2.25. The number of rotatable bonds is 2. The van der Waals surface area contributed by atoms with Crippen molar-refractivity contribution in [2.24, 2.45) is 5.92 Å². The van der Waals surface area contributed by atoms with E-state index >= 15 is 0 Å². The lowest BCUT2D eigenvalue weighted by Gasteiger charge is -2.32. The van der Waals surface area contributed by atoms with Gasteiger partial charge in [-0.15, -0.1) is 0 Å². The van der Waals surface area contributed by atoms with Gasteiger partial charge in [-0.1, -0.05) is 0 Å². The van der Waals surface area contributed by atoms with Crippen LogP contribution in [0.25, 0.3) is 0 Å². The minimum absolute atomic E-state index is 0.0578. The second kappa shape index (κ2) is 5.15. The third kappa shape index (κ3) is 2.38. The lowest BCUT2D eigenvalue weighted by Crippen LogP contribution is -2.46. The molecule has 0 spiro atoms. The van der Waals surface area contributed by atoms with Crippen molar-refractivity contribution in [1.29, 1.82) is 0 Å². The zero-order chi connectivity index (χ0) is 11.5. The predicted octanol–water partition coefficient (Wildman–Crippen LogP) is 0.358. The lowest BCUT2D eigenvalue weighted by atomic mass is 9.96. The van der Waals surface area contributed by atoms with Crippen LogP contribution in [0.2, 0.25) is 0 Å². The number of carbonyl (C=O) groups is 1. The van der Waals surface area contributed by atoms with E-state index in [0.29, 0.717) is 0 Å². The second-order valence-corrected chi connectivity index (χ2v) is 5.01. The van der Waals surface area contributed by atoms with Crippen LogP contribution in [0, 0.1) is 5.92 Å². The molecule has 2 unspecified atom stereocenters. The number of carbonyl (C=O) groups excluding carboxylic acids is 1. The topological polar surface area (TPSA) is 52.6 Å². The molecule has 0 aromatic rings. The maximum atomic E-state index is 12.3. The van der Waals surface area contributed by atoms with Gasteiger partial charge < -0.3 is 15.3 Å². The molecule has 4 heteroatoms. The highest BCUT2D eigenvalue weighted by molar-refractivity contribution is 5.79. The van der Waals surface area contributed by atoms with Crippen molar-refractivity contribution >= 4 is 5.91 Å². The van der Waals surface area contributed by atoms with E-state index in [1.54, 1.807) is 6.92 Å². The van der Waals surface area contributed by atoms with Crippen LogP contribution in [0.4, 0.5) is 0 Å². The fourth-order valence-corrected chi connectivity index (χ4v) is 2.87. The Morgan fingerprint density at radius 2 is 2.06 bits per heavy atom. The van der Waals surface area contributed by atoms with Crippen LogP contribution in [0.15, 0.2) is 0 Å². The first-order chi connectivity index (χ1) is 7.70. The van der Waals surface area contributed by atoms with Crippen molar-refractivity contribution in [2.45, 2.75) is 44.8 Å². The molecule has 0 bridgehead atoms. The molecule has 2 fully saturated rings. The minimum Gasteiger partial charge on any atom is -0.391 e. The van der Waals surface area contributed by atoms with Crippen molar-refractivity contribution in [3.05, 3.63) is 0 Å². The van der Waals surface area contributed by atoms with E-state index < -0.39 is 6.10 Å². The zero-order valence-electron chi connectivity index (χ0n) is 9.98. The van der Waals surface area contributed by atoms with E-state index in [0.717, 1.165) is 45.3 Å². The van der Waals surface area contributed by atoms with E-state index in [2.05, 4.69) is 5.32 Å². The highest BCUT2D eigenvalue weighted by Gasteiger charge is 2.35. The summed E-state index contributed by atoms with van der Waals surface area (Å²) in [6.07, 6.45) is 3.48. The SMILES string of the molecule is CC(O)C1CCCN1C(=O)C1CCNCC1. The highest BCUT2D eigenvalue weighted by atomic mass is 16.3. The van der Waals surface area contributed by atoms with Gasteiger partial charge in [0.15, 0.2) is 0 Å². The fourth-order valence-electron chi connectivity index (χ4n) is 2.87. The van der Waals surface area contributed by atoms with Crippen LogP contribution in [-0.2, 0) is 4.79 Å². The number of amides is 1. The molecule has 92 valence electrons. The van der Waals surface area contributed by atoms with Gasteiger partial charge in [-0.2, -0.15) is 0 Å². The van der Waals surface area contributed by atoms with Crippen molar-refractivity contribution in [3.63, 3.8) is 0 Å². The third-order valence-electron chi connectivity index (χ3n) is 3.83. The third-order valence-corrected chi connectivity index (χ3v) is 3.83. The molecule has 0 aromatic heterocycles. The van der Waals surface area contributed by atoms with Crippen LogP contribution >= 0.6 is 0 Å². The summed E-state index contributed by atoms with van der Waals surface area (Å²) in [6, 6.07) is 0.0578. The Bertz CT molecular complexity index is 249. The first kappa shape index (κ1) is 11.9. The Morgan fingerprint density at radius 1 is 1.38 bits per heavy atom. The van der Waals surface area contributed by atoms with Crippen LogP contribution in [0.1, 0.15) is 32.6 Å². The molecular weight excluding hydrogens is 204 g/mol. The molecule has 0 aromatic carbocycles. The molecule has 2 saturated heterocycles. The fraction of sp³-hybridized carbons (Fsp3) is 0.917. The first-order valence-corrected chi connectivity index (χ1v) is 6.39. The Labute approximate surface area is 97.0 Å². The van der Waals surface area contributed by atoms with Gasteiger partial charge in [0.1, 0.15) is 0 Å². The molecule has 2 heterocycles. The van der Waals surface area contributed by atoms with Crippen molar-refractivity contribution in [3.8, 4) is 0 Å². The van der Waals surface area contributed by atoms with Gasteiger partial charge in [-0.25, -0.2) is 0 Å². The van der Waals surface area contributed by atoms with E-state index in [1.807, 2.05) is 4.90 Å². The molecule has 2 aliphatic heterocycles. The maximum absolute atomic E-state index is 12.3. The van der Waals surface area contributed by atoms with Gasteiger partial charge in [-0.3, -0.25) is 4.79 Å². The molecule has 0 radical (unpaired) electrons. The standard InChI is InChI=1S/C12H22N2O2/c1-9(15)11-3-2-8-14(11)12(16)10-4-6-13-7-5-10/h9-11,13,15H,2-8H2,1H3. The summed E-state index contributed by atoms with van der Waals surface area (Å²) in [6.45, 7) is 4.52. The molecule has 2 aliphatic rings. The maximum Gasteiger partial charge on any atom is 0.226 e. The van der Waals surface area contributed by atoms with Crippen molar-refractivity contribution in [2.75, 3.05) is 19.6 Å². The summed E-state index contributed by atoms with van der Waals surface area (Å²) in [7, 11) is 0. The molecule has 2 N–H and O–H groups in total. The molecular formula is C12H22N2O2. The summed E-state index contributed by atoms with van der Waals surface area (Å²) < 4.78 is 0. The van der Waals surface area contributed by atoms with Crippen molar-refractivity contribution in [1.82, 2.24) is 10.2 Å². The molecule has 1 amide bonds. The summed E-state index contributed by atoms with van der Waals surface area (Å²) in [5.41, 5.74) is 0. The van der Waals surface area contributed by atoms with Gasteiger partial charge >= 0.3 is 0 Å². The number of aliphatic hydroxyl groups is 1. The van der Waals surface area contributed by atoms with E-state index in [9.17, 15) is 9.90 Å². The number of likely N-dealkylation sites (tertiary alicyclic amines) is 1. The molecule has 2 rings (SSSR count). The second-order valence-electron chi connectivity index (χ2n) is 5.01. The van der Waals surface area contributed by atoms with Crippen LogP contribution in [-0.4, -0.2) is 47.7 Å². The average Bonchev–Trinajstić information content (AvgIpc) is 2.78. The quantitative estimate of drug-likeness (QED) is 0.715. The number of aliphatic hydroxyl groups excluding tert-OH is 1. The Balaban J connectivity index is 1.97. The number of nitrogens with zero attached hydrogens (tertiary/aromatic N) is 1. The smallest absolute Gasteiger partial charge is 0.226 e. The number of hydrogen-bond donors (Lipinski definition) is 2. The largest absolute Gasteiger partial charge is 0.391 e. The van der Waals surface area contributed by atoms with Gasteiger partial charge in [0.05, 0.1) is 12.1 Å². The molecule has 0 aliphatic carbocycles. The summed E-state index contributed by atoms with van der Waals surface area (Å²) in [5, 5.41) is 12.9. The van der Waals surface area contributed by atoms with Crippen LogP contribution < -0.4 is 5.32 Å². The Kier molecular flexibility index (Phi) is 3.82. The van der Waals surface area contributed by atoms with Gasteiger partial charge in [0, 0.05) is 12.5 Å². The van der Waals surface area contributed by atoms with E-state index in [1.165, 1.54) is 0 Å². The van der Waals surface area contributed by atoms with Crippen molar-refractivity contribution < 1.29 is 9.90 Å². The predicted molar refractivity (Wildman–Crippen MR) is 62.0 cm³/mol.